The van der Waals surface area contributed by atoms with Gasteiger partial charge in [0, 0.05) is 18.4 Å². The number of aliphatic hydroxyl groups is 2. The molecule has 2 N–H and O–H groups in total. The second kappa shape index (κ2) is 8.82. The molecule has 5 heteroatoms. The van der Waals surface area contributed by atoms with Gasteiger partial charge in [0.15, 0.2) is 5.76 Å². The van der Waals surface area contributed by atoms with Gasteiger partial charge >= 0.3 is 5.97 Å². The minimum absolute atomic E-state index is 0.100. The molecule has 2 aliphatic rings. The van der Waals surface area contributed by atoms with Crippen molar-refractivity contribution < 1.29 is 24.5 Å². The maximum Gasteiger partial charge on any atom is 0.330 e. The van der Waals surface area contributed by atoms with Crippen molar-refractivity contribution in [2.24, 2.45) is 11.8 Å². The molecule has 5 nitrogen and oxygen atoms in total. The molecule has 0 saturated carbocycles. The van der Waals surface area contributed by atoms with Crippen LogP contribution in [0.15, 0.2) is 72.0 Å². The molecule has 2 atom stereocenters. The van der Waals surface area contributed by atoms with E-state index in [0.29, 0.717) is 18.6 Å². The molecule has 0 aromatic carbocycles. The predicted molar refractivity (Wildman–Crippen MR) is 91.1 cm³/mol. The molecule has 0 aromatic heterocycles. The van der Waals surface area contributed by atoms with Crippen LogP contribution in [0.25, 0.3) is 0 Å². The molecule has 128 valence electrons. The molecule has 0 aromatic rings. The Morgan fingerprint density at radius 1 is 1.25 bits per heavy atom. The Kier molecular flexibility index (Phi) is 6.49. The van der Waals surface area contributed by atoms with Crippen molar-refractivity contribution >= 4 is 5.97 Å². The standard InChI is InChI=1S/C19H22O5/c1-23-18-13-15(6-10-17(18)21)3-2-12-24-19(22)11-7-14-4-8-16(20)9-5-14/h2-4,6-11,14-15,20-21H,5,12-13H2,1H3. The van der Waals surface area contributed by atoms with Crippen molar-refractivity contribution in [3.8, 4) is 0 Å². The van der Waals surface area contributed by atoms with Crippen molar-refractivity contribution in [1.82, 2.24) is 0 Å². The van der Waals surface area contributed by atoms with E-state index in [1.54, 1.807) is 30.4 Å². The Morgan fingerprint density at radius 2 is 2.04 bits per heavy atom. The summed E-state index contributed by atoms with van der Waals surface area (Å²) in [6, 6.07) is 0. The highest BCUT2D eigenvalue weighted by Gasteiger charge is 2.14. The number of hydrogen-bond donors (Lipinski definition) is 2. The highest BCUT2D eigenvalue weighted by molar-refractivity contribution is 5.82. The van der Waals surface area contributed by atoms with E-state index in [4.69, 9.17) is 9.47 Å². The topological polar surface area (TPSA) is 76.0 Å². The average molecular weight is 330 g/mol. The summed E-state index contributed by atoms with van der Waals surface area (Å²) in [6.07, 6.45) is 16.7. The molecule has 0 fully saturated rings. The van der Waals surface area contributed by atoms with Gasteiger partial charge in [-0.05, 0) is 30.6 Å². The number of methoxy groups -OCH3 is 1. The van der Waals surface area contributed by atoms with Gasteiger partial charge in [0.2, 0.25) is 0 Å². The number of esters is 1. The van der Waals surface area contributed by atoms with E-state index in [9.17, 15) is 15.0 Å². The van der Waals surface area contributed by atoms with E-state index < -0.39 is 5.97 Å². The summed E-state index contributed by atoms with van der Waals surface area (Å²) >= 11 is 0. The van der Waals surface area contributed by atoms with Crippen LogP contribution < -0.4 is 0 Å². The zero-order valence-corrected chi connectivity index (χ0v) is 13.6. The minimum Gasteiger partial charge on any atom is -0.508 e. The van der Waals surface area contributed by atoms with Crippen molar-refractivity contribution in [1.29, 1.82) is 0 Å². The van der Waals surface area contributed by atoms with Gasteiger partial charge in [-0.2, -0.15) is 0 Å². The van der Waals surface area contributed by atoms with Gasteiger partial charge in [-0.15, -0.1) is 0 Å². The maximum absolute atomic E-state index is 11.6. The first-order chi connectivity index (χ1) is 11.6. The third-order valence-corrected chi connectivity index (χ3v) is 3.75. The number of hydrogen-bond acceptors (Lipinski definition) is 5. The largest absolute Gasteiger partial charge is 0.508 e. The van der Waals surface area contributed by atoms with Gasteiger partial charge in [0.1, 0.15) is 18.1 Å². The second-order valence-electron chi connectivity index (χ2n) is 5.54. The Morgan fingerprint density at radius 3 is 2.75 bits per heavy atom. The molecule has 24 heavy (non-hydrogen) atoms. The first-order valence-electron chi connectivity index (χ1n) is 7.81. The quantitative estimate of drug-likeness (QED) is 0.442. The van der Waals surface area contributed by atoms with Crippen LogP contribution in [0.2, 0.25) is 0 Å². The average Bonchev–Trinajstić information content (AvgIpc) is 2.59. The fraction of sp³-hybridized carbons (Fsp3) is 0.316. The number of allylic oxidation sites excluding steroid dienone is 8. The first kappa shape index (κ1) is 17.7. The SMILES string of the molecule is COC1=C(O)C=CC(C=CCOC(=O)C=CC2C=CC(O)=CC2)C1. The highest BCUT2D eigenvalue weighted by Crippen LogP contribution is 2.23. The van der Waals surface area contributed by atoms with Gasteiger partial charge < -0.3 is 19.7 Å². The molecular formula is C19H22O5. The Labute approximate surface area is 141 Å². The van der Waals surface area contributed by atoms with Crippen molar-refractivity contribution in [3.63, 3.8) is 0 Å². The van der Waals surface area contributed by atoms with Crippen molar-refractivity contribution in [3.05, 3.63) is 72.0 Å². The van der Waals surface area contributed by atoms with Crippen LogP contribution in [0, 0.1) is 11.8 Å². The lowest BCUT2D eigenvalue weighted by Crippen LogP contribution is -2.06. The summed E-state index contributed by atoms with van der Waals surface area (Å²) < 4.78 is 10.2. The van der Waals surface area contributed by atoms with E-state index >= 15 is 0 Å². The molecule has 0 saturated heterocycles. The van der Waals surface area contributed by atoms with E-state index in [2.05, 4.69) is 0 Å². The zero-order chi connectivity index (χ0) is 17.4. The Bertz CT molecular complexity index is 634. The lowest BCUT2D eigenvalue weighted by molar-refractivity contribution is -0.136. The molecule has 0 amide bonds. The lowest BCUT2D eigenvalue weighted by atomic mass is 9.98. The zero-order valence-electron chi connectivity index (χ0n) is 13.6. The molecule has 0 spiro atoms. The summed E-state index contributed by atoms with van der Waals surface area (Å²) in [7, 11) is 1.53. The first-order valence-corrected chi connectivity index (χ1v) is 7.81. The third kappa shape index (κ3) is 5.50. The Hall–Kier alpha value is -2.69. The van der Waals surface area contributed by atoms with E-state index in [-0.39, 0.29) is 30.0 Å². The molecular weight excluding hydrogens is 308 g/mol. The number of ether oxygens (including phenoxy) is 2. The molecule has 2 rings (SSSR count). The van der Waals surface area contributed by atoms with Gasteiger partial charge in [0.05, 0.1) is 7.11 Å². The van der Waals surface area contributed by atoms with Gasteiger partial charge in [-0.3, -0.25) is 0 Å². The summed E-state index contributed by atoms with van der Waals surface area (Å²) in [4.78, 5) is 11.6. The van der Waals surface area contributed by atoms with E-state index in [0.717, 1.165) is 0 Å². The highest BCUT2D eigenvalue weighted by atomic mass is 16.5. The fourth-order valence-corrected chi connectivity index (χ4v) is 2.39. The van der Waals surface area contributed by atoms with E-state index in [1.165, 1.54) is 13.2 Å². The van der Waals surface area contributed by atoms with Gasteiger partial charge in [-0.25, -0.2) is 4.79 Å². The minimum atomic E-state index is -0.402. The Balaban J connectivity index is 1.70. The van der Waals surface area contributed by atoms with Crippen LogP contribution in [0.1, 0.15) is 12.8 Å². The molecule has 0 heterocycles. The molecule has 2 aliphatic carbocycles. The van der Waals surface area contributed by atoms with Gasteiger partial charge in [0.25, 0.3) is 0 Å². The molecule has 0 radical (unpaired) electrons. The number of rotatable bonds is 6. The summed E-state index contributed by atoms with van der Waals surface area (Å²) in [5.41, 5.74) is 0. The predicted octanol–water partition coefficient (Wildman–Crippen LogP) is 3.65. The maximum atomic E-state index is 11.6. The smallest absolute Gasteiger partial charge is 0.330 e. The lowest BCUT2D eigenvalue weighted by Gasteiger charge is -2.16. The molecule has 2 unspecified atom stereocenters. The normalized spacial score (nSPS) is 23.8. The van der Waals surface area contributed by atoms with E-state index in [1.807, 2.05) is 18.2 Å². The van der Waals surface area contributed by atoms with Gasteiger partial charge in [-0.1, -0.05) is 30.4 Å². The summed E-state index contributed by atoms with van der Waals surface area (Å²) in [5.74, 6) is 0.761. The third-order valence-electron chi connectivity index (χ3n) is 3.75. The summed E-state index contributed by atoms with van der Waals surface area (Å²) in [5, 5.41) is 18.8. The van der Waals surface area contributed by atoms with Crippen LogP contribution >= 0.6 is 0 Å². The van der Waals surface area contributed by atoms with Crippen LogP contribution in [0.5, 0.6) is 0 Å². The van der Waals surface area contributed by atoms with Crippen LogP contribution in [-0.4, -0.2) is 29.9 Å². The summed E-state index contributed by atoms with van der Waals surface area (Å²) in [6.45, 7) is 0.187. The van der Waals surface area contributed by atoms with Crippen LogP contribution in [0.3, 0.4) is 0 Å². The monoisotopic (exact) mass is 330 g/mol. The van der Waals surface area contributed by atoms with Crippen LogP contribution in [-0.2, 0) is 14.3 Å². The van der Waals surface area contributed by atoms with Crippen molar-refractivity contribution in [2.45, 2.75) is 12.8 Å². The molecule has 0 aliphatic heterocycles. The van der Waals surface area contributed by atoms with Crippen LogP contribution in [0.4, 0.5) is 0 Å². The second-order valence-corrected chi connectivity index (χ2v) is 5.54. The number of carbonyl (C=O) groups is 1. The number of aliphatic hydroxyl groups excluding tert-OH is 2. The van der Waals surface area contributed by atoms with Crippen molar-refractivity contribution in [2.75, 3.05) is 13.7 Å². The fourth-order valence-electron chi connectivity index (χ4n) is 2.39. The number of carbonyl (C=O) groups excluding carboxylic acids is 1. The molecule has 0 bridgehead atoms.